The van der Waals surface area contributed by atoms with Gasteiger partial charge < -0.3 is 15.5 Å². The first-order chi connectivity index (χ1) is 7.63. The Labute approximate surface area is 98.4 Å². The van der Waals surface area contributed by atoms with Crippen LogP contribution >= 0.6 is 15.9 Å². The van der Waals surface area contributed by atoms with Gasteiger partial charge in [0.2, 0.25) is 11.6 Å². The molecule has 0 unspecified atom stereocenters. The molecule has 2 heterocycles. The van der Waals surface area contributed by atoms with Crippen molar-refractivity contribution in [3.8, 4) is 11.6 Å². The van der Waals surface area contributed by atoms with Crippen molar-refractivity contribution < 1.29 is 4.74 Å². The predicted molar refractivity (Wildman–Crippen MR) is 60.6 cm³/mol. The minimum Gasteiger partial charge on any atom is -0.488 e. The summed E-state index contributed by atoms with van der Waals surface area (Å²) in [5.74, 6) is 0.672. The Morgan fingerprint density at radius 1 is 1.62 bits per heavy atom. The van der Waals surface area contributed by atoms with Crippen LogP contribution < -0.4 is 16.0 Å². The first-order valence-corrected chi connectivity index (χ1v) is 5.05. The van der Waals surface area contributed by atoms with E-state index >= 15 is 0 Å². The van der Waals surface area contributed by atoms with Crippen LogP contribution in [0.3, 0.4) is 0 Å². The van der Waals surface area contributed by atoms with Crippen LogP contribution in [0.4, 0.5) is 5.82 Å². The molecule has 2 rings (SSSR count). The highest BCUT2D eigenvalue weighted by molar-refractivity contribution is 9.10. The molecule has 0 saturated carbocycles. The summed E-state index contributed by atoms with van der Waals surface area (Å²) in [4.78, 5) is 17.8. The number of hydrogen-bond acceptors (Lipinski definition) is 5. The number of halogens is 1. The molecule has 0 aliphatic heterocycles. The van der Waals surface area contributed by atoms with Crippen LogP contribution in [0.25, 0.3) is 5.82 Å². The average Bonchev–Trinajstić information content (AvgIpc) is 2.59. The van der Waals surface area contributed by atoms with Crippen LogP contribution in [0.1, 0.15) is 0 Å². The van der Waals surface area contributed by atoms with Gasteiger partial charge in [-0.15, -0.1) is 5.10 Å². The van der Waals surface area contributed by atoms with E-state index in [0.29, 0.717) is 10.3 Å². The van der Waals surface area contributed by atoms with Crippen molar-refractivity contribution in [2.75, 3.05) is 12.8 Å². The Morgan fingerprint density at radius 3 is 2.94 bits per heavy atom. The van der Waals surface area contributed by atoms with Gasteiger partial charge in [0.1, 0.15) is 0 Å². The number of anilines is 1. The molecule has 0 amide bonds. The van der Waals surface area contributed by atoms with Gasteiger partial charge in [0.15, 0.2) is 5.82 Å². The molecule has 0 aliphatic rings. The Balaban J connectivity index is 2.64. The number of nitrogens with one attached hydrogen (secondary N) is 1. The smallest absolute Gasteiger partial charge is 0.295 e. The summed E-state index contributed by atoms with van der Waals surface area (Å²) in [7, 11) is 1.39. The van der Waals surface area contributed by atoms with E-state index in [-0.39, 0.29) is 17.1 Å². The van der Waals surface area contributed by atoms with Crippen LogP contribution in [0, 0.1) is 0 Å². The number of nitrogen functional groups attached to an aromatic ring is 1. The molecule has 2 aromatic heterocycles. The SMILES string of the molecule is COc1c(-n2cc(Br)c(N)n2)nc[nH]c1=O. The van der Waals surface area contributed by atoms with Crippen LogP contribution in [-0.2, 0) is 0 Å². The third-order valence-electron chi connectivity index (χ3n) is 1.91. The third-order valence-corrected chi connectivity index (χ3v) is 2.52. The summed E-state index contributed by atoms with van der Waals surface area (Å²) in [5, 5.41) is 3.98. The summed E-state index contributed by atoms with van der Waals surface area (Å²) in [5.41, 5.74) is 5.20. The zero-order valence-corrected chi connectivity index (χ0v) is 9.85. The molecule has 84 valence electrons. The van der Waals surface area contributed by atoms with Gasteiger partial charge in [0.05, 0.1) is 17.9 Å². The first-order valence-electron chi connectivity index (χ1n) is 4.26. The van der Waals surface area contributed by atoms with E-state index in [2.05, 4.69) is 31.0 Å². The average molecular weight is 286 g/mol. The topological polar surface area (TPSA) is 98.8 Å². The van der Waals surface area contributed by atoms with Gasteiger partial charge in [-0.1, -0.05) is 0 Å². The van der Waals surface area contributed by atoms with Crippen LogP contribution in [0.5, 0.6) is 5.75 Å². The molecule has 0 saturated heterocycles. The maximum absolute atomic E-state index is 11.4. The lowest BCUT2D eigenvalue weighted by Crippen LogP contribution is -2.14. The largest absolute Gasteiger partial charge is 0.488 e. The second-order valence-corrected chi connectivity index (χ2v) is 3.75. The monoisotopic (exact) mass is 285 g/mol. The van der Waals surface area contributed by atoms with E-state index in [1.807, 2.05) is 0 Å². The lowest BCUT2D eigenvalue weighted by atomic mass is 10.5. The van der Waals surface area contributed by atoms with Crippen LogP contribution in [0.15, 0.2) is 21.8 Å². The number of nitrogens with zero attached hydrogens (tertiary/aromatic N) is 3. The Bertz CT molecular complexity index is 557. The first kappa shape index (κ1) is 10.7. The minimum atomic E-state index is -0.377. The van der Waals surface area contributed by atoms with Crippen molar-refractivity contribution in [3.05, 3.63) is 27.4 Å². The van der Waals surface area contributed by atoms with Gasteiger partial charge in [0, 0.05) is 6.20 Å². The van der Waals surface area contributed by atoms with Crippen molar-refractivity contribution in [2.24, 2.45) is 0 Å². The molecule has 3 N–H and O–H groups in total. The number of hydrogen-bond donors (Lipinski definition) is 2. The zero-order chi connectivity index (χ0) is 11.7. The normalized spacial score (nSPS) is 10.4. The number of ether oxygens (including phenoxy) is 1. The molecular formula is C8H8BrN5O2. The standard InChI is InChI=1S/C8H8BrN5O2/c1-16-5-7(11-3-12-8(5)15)14-2-4(9)6(10)13-14/h2-3H,1H3,(H2,10,13)(H,11,12,15). The number of H-pyrrole nitrogens is 1. The molecule has 16 heavy (non-hydrogen) atoms. The van der Waals surface area contributed by atoms with Gasteiger partial charge >= 0.3 is 0 Å². The molecule has 0 spiro atoms. The van der Waals surface area contributed by atoms with E-state index < -0.39 is 0 Å². The quantitative estimate of drug-likeness (QED) is 0.827. The number of methoxy groups -OCH3 is 1. The van der Waals surface area contributed by atoms with E-state index in [4.69, 9.17) is 10.5 Å². The van der Waals surface area contributed by atoms with Crippen molar-refractivity contribution in [3.63, 3.8) is 0 Å². The molecule has 0 aliphatic carbocycles. The fourth-order valence-corrected chi connectivity index (χ4v) is 1.47. The highest BCUT2D eigenvalue weighted by Crippen LogP contribution is 2.21. The minimum absolute atomic E-state index is 0.0810. The van der Waals surface area contributed by atoms with Gasteiger partial charge in [-0.3, -0.25) is 4.79 Å². The lowest BCUT2D eigenvalue weighted by molar-refractivity contribution is 0.402. The Hall–Kier alpha value is -1.83. The molecule has 7 nitrogen and oxygen atoms in total. The van der Waals surface area contributed by atoms with E-state index in [1.165, 1.54) is 18.1 Å². The fraction of sp³-hybridized carbons (Fsp3) is 0.125. The van der Waals surface area contributed by atoms with Gasteiger partial charge in [-0.2, -0.15) is 0 Å². The van der Waals surface area contributed by atoms with Crippen molar-refractivity contribution in [1.29, 1.82) is 0 Å². The molecule has 0 aromatic carbocycles. The second-order valence-electron chi connectivity index (χ2n) is 2.90. The van der Waals surface area contributed by atoms with Gasteiger partial charge in [-0.05, 0) is 15.9 Å². The Morgan fingerprint density at radius 2 is 2.38 bits per heavy atom. The summed E-state index contributed by atoms with van der Waals surface area (Å²) in [6.45, 7) is 0. The third kappa shape index (κ3) is 1.67. The molecule has 0 radical (unpaired) electrons. The fourth-order valence-electron chi connectivity index (χ4n) is 1.20. The molecule has 0 atom stereocenters. The maximum Gasteiger partial charge on any atom is 0.295 e. The highest BCUT2D eigenvalue weighted by Gasteiger charge is 2.13. The van der Waals surface area contributed by atoms with Crippen molar-refractivity contribution >= 4 is 21.7 Å². The summed E-state index contributed by atoms with van der Waals surface area (Å²) in [6.07, 6.45) is 2.87. The highest BCUT2D eigenvalue weighted by atomic mass is 79.9. The second kappa shape index (κ2) is 3.97. The van der Waals surface area contributed by atoms with Gasteiger partial charge in [0.25, 0.3) is 5.56 Å². The molecule has 0 fully saturated rings. The summed E-state index contributed by atoms with van der Waals surface area (Å²) >= 11 is 3.22. The van der Waals surface area contributed by atoms with E-state index in [0.717, 1.165) is 0 Å². The number of nitrogens with two attached hydrogens (primary N) is 1. The number of aromatic nitrogens is 4. The number of rotatable bonds is 2. The van der Waals surface area contributed by atoms with E-state index in [1.54, 1.807) is 6.20 Å². The summed E-state index contributed by atoms with van der Waals surface area (Å²) in [6, 6.07) is 0. The molecule has 8 heteroatoms. The maximum atomic E-state index is 11.4. The van der Waals surface area contributed by atoms with E-state index in [9.17, 15) is 4.79 Å². The predicted octanol–water partition coefficient (Wildman–Crippen LogP) is 0.309. The molecule has 0 bridgehead atoms. The van der Waals surface area contributed by atoms with Crippen molar-refractivity contribution in [1.82, 2.24) is 19.7 Å². The Kier molecular flexibility index (Phi) is 2.65. The molecule has 2 aromatic rings. The van der Waals surface area contributed by atoms with Gasteiger partial charge in [-0.25, -0.2) is 9.67 Å². The van der Waals surface area contributed by atoms with Crippen molar-refractivity contribution in [2.45, 2.75) is 0 Å². The number of aromatic amines is 1. The lowest BCUT2D eigenvalue weighted by Gasteiger charge is -2.04. The van der Waals surface area contributed by atoms with Crippen LogP contribution in [-0.4, -0.2) is 26.9 Å². The summed E-state index contributed by atoms with van der Waals surface area (Å²) < 4.78 is 6.95. The molecular weight excluding hydrogens is 278 g/mol. The zero-order valence-electron chi connectivity index (χ0n) is 8.27. The van der Waals surface area contributed by atoms with Crippen LogP contribution in [0.2, 0.25) is 0 Å².